The molecule has 1 unspecified atom stereocenters. The molecular weight excluding hydrogens is 332 g/mol. The van der Waals surface area contributed by atoms with Crippen LogP contribution in [-0.2, 0) is 4.79 Å². The van der Waals surface area contributed by atoms with Crippen molar-refractivity contribution in [3.63, 3.8) is 0 Å². The molecule has 1 aromatic carbocycles. The van der Waals surface area contributed by atoms with E-state index in [9.17, 15) is 9.59 Å². The second-order valence-corrected chi connectivity index (χ2v) is 6.33. The first kappa shape index (κ1) is 16.3. The van der Waals surface area contributed by atoms with Gasteiger partial charge in [0, 0.05) is 18.7 Å². The number of nitrogens with zero attached hydrogens (tertiary/aromatic N) is 3. The number of fused-ring (bicyclic) bond motifs is 1. The summed E-state index contributed by atoms with van der Waals surface area (Å²) in [5.41, 5.74) is 2.88. The van der Waals surface area contributed by atoms with Crippen molar-refractivity contribution in [3.05, 3.63) is 47.7 Å². The third-order valence-corrected chi connectivity index (χ3v) is 4.68. The lowest BCUT2D eigenvalue weighted by molar-refractivity contribution is -0.127. The summed E-state index contributed by atoms with van der Waals surface area (Å²) in [6, 6.07) is 10.8. The van der Waals surface area contributed by atoms with Crippen molar-refractivity contribution >= 4 is 22.9 Å². The SMILES string of the molecule is Cc1noc2nc(-c3ccccc3)cc(C(=O)N3CCNC(=O)C3C)c12. The number of hydrogen-bond acceptors (Lipinski definition) is 5. The Morgan fingerprint density at radius 3 is 2.85 bits per heavy atom. The third kappa shape index (κ3) is 2.61. The zero-order chi connectivity index (χ0) is 18.3. The number of piperazine rings is 1. The Labute approximate surface area is 150 Å². The van der Waals surface area contributed by atoms with E-state index in [4.69, 9.17) is 4.52 Å². The number of amides is 2. The predicted octanol–water partition coefficient (Wildman–Crippen LogP) is 2.16. The second kappa shape index (κ2) is 6.25. The molecule has 7 heteroatoms. The molecule has 1 aliphatic rings. The molecule has 1 fully saturated rings. The summed E-state index contributed by atoms with van der Waals surface area (Å²) in [4.78, 5) is 31.3. The van der Waals surface area contributed by atoms with Crippen LogP contribution >= 0.6 is 0 Å². The van der Waals surface area contributed by atoms with E-state index in [0.29, 0.717) is 41.1 Å². The van der Waals surface area contributed by atoms with E-state index < -0.39 is 6.04 Å². The van der Waals surface area contributed by atoms with Crippen molar-refractivity contribution in [1.29, 1.82) is 0 Å². The molecule has 0 saturated carbocycles. The van der Waals surface area contributed by atoms with Gasteiger partial charge in [-0.15, -0.1) is 0 Å². The number of hydrogen-bond donors (Lipinski definition) is 1. The topological polar surface area (TPSA) is 88.3 Å². The van der Waals surface area contributed by atoms with Crippen LogP contribution in [0.4, 0.5) is 0 Å². The molecule has 1 saturated heterocycles. The van der Waals surface area contributed by atoms with Crippen LogP contribution in [0, 0.1) is 6.92 Å². The van der Waals surface area contributed by atoms with Crippen molar-refractivity contribution in [3.8, 4) is 11.3 Å². The van der Waals surface area contributed by atoms with Crippen LogP contribution in [0.25, 0.3) is 22.4 Å². The van der Waals surface area contributed by atoms with Crippen molar-refractivity contribution in [1.82, 2.24) is 20.4 Å². The lowest BCUT2D eigenvalue weighted by Crippen LogP contribution is -2.55. The highest BCUT2D eigenvalue weighted by Crippen LogP contribution is 2.28. The molecule has 3 aromatic rings. The minimum absolute atomic E-state index is 0.153. The molecule has 0 spiro atoms. The Morgan fingerprint density at radius 2 is 2.08 bits per heavy atom. The average molecular weight is 350 g/mol. The van der Waals surface area contributed by atoms with Gasteiger partial charge < -0.3 is 14.7 Å². The third-order valence-electron chi connectivity index (χ3n) is 4.68. The first-order valence-electron chi connectivity index (χ1n) is 8.47. The van der Waals surface area contributed by atoms with E-state index in [1.807, 2.05) is 30.3 Å². The lowest BCUT2D eigenvalue weighted by atomic mass is 10.0. The fourth-order valence-corrected chi connectivity index (χ4v) is 3.23. The highest BCUT2D eigenvalue weighted by atomic mass is 16.5. The zero-order valence-corrected chi connectivity index (χ0v) is 14.5. The van der Waals surface area contributed by atoms with E-state index in [2.05, 4.69) is 15.5 Å². The maximum atomic E-state index is 13.3. The van der Waals surface area contributed by atoms with Crippen molar-refractivity contribution < 1.29 is 14.1 Å². The van der Waals surface area contributed by atoms with Gasteiger partial charge in [0.05, 0.1) is 22.3 Å². The Hall–Kier alpha value is -3.22. The van der Waals surface area contributed by atoms with Crippen LogP contribution in [0.15, 0.2) is 40.9 Å². The first-order chi connectivity index (χ1) is 12.6. The van der Waals surface area contributed by atoms with E-state index in [1.165, 1.54) is 0 Å². The van der Waals surface area contributed by atoms with Crippen LogP contribution in [0.1, 0.15) is 23.0 Å². The molecule has 2 aromatic heterocycles. The normalized spacial score (nSPS) is 17.4. The fourth-order valence-electron chi connectivity index (χ4n) is 3.23. The van der Waals surface area contributed by atoms with E-state index in [-0.39, 0.29) is 11.8 Å². The molecule has 26 heavy (non-hydrogen) atoms. The quantitative estimate of drug-likeness (QED) is 0.765. The van der Waals surface area contributed by atoms with Gasteiger partial charge in [0.25, 0.3) is 11.6 Å². The fraction of sp³-hybridized carbons (Fsp3) is 0.263. The minimum atomic E-state index is -0.528. The smallest absolute Gasteiger partial charge is 0.259 e. The highest BCUT2D eigenvalue weighted by Gasteiger charge is 2.32. The Kier molecular flexibility index (Phi) is 3.91. The molecule has 1 atom stereocenters. The number of aryl methyl sites for hydroxylation is 1. The van der Waals surface area contributed by atoms with Crippen LogP contribution in [0.3, 0.4) is 0 Å². The summed E-state index contributed by atoms with van der Waals surface area (Å²) >= 11 is 0. The number of benzene rings is 1. The van der Waals surface area contributed by atoms with Gasteiger partial charge >= 0.3 is 0 Å². The molecule has 2 amide bonds. The van der Waals surface area contributed by atoms with E-state index in [1.54, 1.807) is 24.8 Å². The number of aromatic nitrogens is 2. The summed E-state index contributed by atoms with van der Waals surface area (Å²) < 4.78 is 5.33. The van der Waals surface area contributed by atoms with E-state index >= 15 is 0 Å². The minimum Gasteiger partial charge on any atom is -0.353 e. The maximum absolute atomic E-state index is 13.3. The van der Waals surface area contributed by atoms with Gasteiger partial charge in [0.1, 0.15) is 6.04 Å². The Bertz CT molecular complexity index is 997. The summed E-state index contributed by atoms with van der Waals surface area (Å²) in [6.45, 7) is 4.40. The molecule has 0 aliphatic carbocycles. The standard InChI is InChI=1S/C19H18N4O3/c1-11-16-14(19(25)23-9-8-20-17(24)12(23)2)10-15(21-18(16)26-22-11)13-6-4-3-5-7-13/h3-7,10,12H,8-9H2,1-2H3,(H,20,24). The largest absolute Gasteiger partial charge is 0.353 e. The average Bonchev–Trinajstić information content (AvgIpc) is 3.04. The van der Waals surface area contributed by atoms with Crippen molar-refractivity contribution in [2.24, 2.45) is 0 Å². The maximum Gasteiger partial charge on any atom is 0.259 e. The summed E-state index contributed by atoms with van der Waals surface area (Å²) in [5.74, 6) is -0.372. The van der Waals surface area contributed by atoms with Crippen LogP contribution in [0.5, 0.6) is 0 Å². The van der Waals surface area contributed by atoms with Gasteiger partial charge in [-0.1, -0.05) is 35.5 Å². The molecule has 132 valence electrons. The van der Waals surface area contributed by atoms with Gasteiger partial charge in [0.2, 0.25) is 5.91 Å². The number of rotatable bonds is 2. The molecule has 1 aliphatic heterocycles. The number of carbonyl (C=O) groups excluding carboxylic acids is 2. The zero-order valence-electron chi connectivity index (χ0n) is 14.5. The van der Waals surface area contributed by atoms with Crippen LogP contribution < -0.4 is 5.32 Å². The number of carbonyl (C=O) groups is 2. The summed E-state index contributed by atoms with van der Waals surface area (Å²) in [7, 11) is 0. The van der Waals surface area contributed by atoms with Gasteiger partial charge in [-0.2, -0.15) is 0 Å². The Balaban J connectivity index is 1.86. The number of pyridine rings is 1. The first-order valence-corrected chi connectivity index (χ1v) is 8.47. The van der Waals surface area contributed by atoms with Crippen LogP contribution in [0.2, 0.25) is 0 Å². The summed E-state index contributed by atoms with van der Waals surface area (Å²) in [6.07, 6.45) is 0. The summed E-state index contributed by atoms with van der Waals surface area (Å²) in [5, 5.41) is 7.33. The highest BCUT2D eigenvalue weighted by molar-refractivity contribution is 6.08. The monoisotopic (exact) mass is 350 g/mol. The van der Waals surface area contributed by atoms with Gasteiger partial charge in [-0.3, -0.25) is 9.59 Å². The van der Waals surface area contributed by atoms with Gasteiger partial charge in [-0.25, -0.2) is 4.98 Å². The lowest BCUT2D eigenvalue weighted by Gasteiger charge is -2.33. The second-order valence-electron chi connectivity index (χ2n) is 6.33. The molecule has 0 bridgehead atoms. The molecule has 7 nitrogen and oxygen atoms in total. The molecule has 4 rings (SSSR count). The van der Waals surface area contributed by atoms with Gasteiger partial charge in [0.15, 0.2) is 0 Å². The number of nitrogens with one attached hydrogen (secondary N) is 1. The molecular formula is C19H18N4O3. The van der Waals surface area contributed by atoms with Crippen molar-refractivity contribution in [2.45, 2.75) is 19.9 Å². The van der Waals surface area contributed by atoms with Gasteiger partial charge in [-0.05, 0) is 19.9 Å². The molecule has 1 N–H and O–H groups in total. The predicted molar refractivity (Wildman–Crippen MR) is 95.5 cm³/mol. The molecule has 0 radical (unpaired) electrons. The molecule has 3 heterocycles. The van der Waals surface area contributed by atoms with E-state index in [0.717, 1.165) is 5.56 Å². The Morgan fingerprint density at radius 1 is 1.31 bits per heavy atom. The van der Waals surface area contributed by atoms with Crippen LogP contribution in [-0.4, -0.2) is 46.0 Å². The van der Waals surface area contributed by atoms with Crippen molar-refractivity contribution in [2.75, 3.05) is 13.1 Å².